The average Bonchev–Trinajstić information content (AvgIpc) is 3.40. The van der Waals surface area contributed by atoms with Crippen LogP contribution in [0.2, 0.25) is 5.02 Å². The number of nitrogens with zero attached hydrogens (tertiary/aromatic N) is 3. The minimum atomic E-state index is -0.335. The Morgan fingerprint density at radius 3 is 2.57 bits per heavy atom. The number of benzene rings is 2. The van der Waals surface area contributed by atoms with Crippen molar-refractivity contribution in [2.75, 3.05) is 13.2 Å². The van der Waals surface area contributed by atoms with Gasteiger partial charge in [0.15, 0.2) is 0 Å². The van der Waals surface area contributed by atoms with Gasteiger partial charge in [0, 0.05) is 28.1 Å². The highest BCUT2D eigenvalue weighted by atomic mass is 35.5. The maximum atomic E-state index is 12.8. The van der Waals surface area contributed by atoms with Gasteiger partial charge in [0.05, 0.1) is 28.8 Å². The van der Waals surface area contributed by atoms with Gasteiger partial charge in [-0.1, -0.05) is 35.5 Å². The molecule has 0 saturated heterocycles. The van der Waals surface area contributed by atoms with E-state index in [1.165, 1.54) is 18.0 Å². The van der Waals surface area contributed by atoms with Gasteiger partial charge in [0.25, 0.3) is 5.56 Å². The van der Waals surface area contributed by atoms with Crippen LogP contribution in [0, 0.1) is 11.3 Å². The zero-order chi connectivity index (χ0) is 25.8. The third kappa shape index (κ3) is 5.22. The molecule has 0 radical (unpaired) electrons. The molecule has 0 bridgehead atoms. The molecule has 37 heavy (non-hydrogen) atoms. The van der Waals surface area contributed by atoms with Gasteiger partial charge in [-0.2, -0.15) is 5.26 Å². The summed E-state index contributed by atoms with van der Waals surface area (Å²) in [6.45, 7) is 0.0706. The second kappa shape index (κ2) is 10.9. The van der Waals surface area contributed by atoms with Crippen molar-refractivity contribution in [3.8, 4) is 34.4 Å². The van der Waals surface area contributed by atoms with Gasteiger partial charge in [-0.05, 0) is 48.0 Å². The predicted octanol–water partition coefficient (Wildman–Crippen LogP) is 5.43. The van der Waals surface area contributed by atoms with Gasteiger partial charge >= 0.3 is 0 Å². The number of hydrogen-bond acceptors (Lipinski definition) is 8. The monoisotopic (exact) mass is 530 g/mol. The molecule has 0 aliphatic rings. The molecule has 5 rings (SSSR count). The van der Waals surface area contributed by atoms with Crippen LogP contribution >= 0.6 is 23.4 Å². The van der Waals surface area contributed by atoms with E-state index < -0.39 is 0 Å². The fraction of sp³-hybridized carbons (Fsp3) is 0.111. The van der Waals surface area contributed by atoms with E-state index in [1.54, 1.807) is 48.7 Å². The molecule has 10 heteroatoms. The Hall–Kier alpha value is -4.10. The summed E-state index contributed by atoms with van der Waals surface area (Å²) in [6.07, 6.45) is 3.10. The number of nitrogens with one attached hydrogen (secondary N) is 1. The zero-order valence-corrected chi connectivity index (χ0v) is 20.8. The van der Waals surface area contributed by atoms with Crippen molar-refractivity contribution in [1.29, 1.82) is 5.26 Å². The number of aromatic nitrogens is 3. The molecule has 0 amide bonds. The first-order valence-corrected chi connectivity index (χ1v) is 12.6. The van der Waals surface area contributed by atoms with E-state index >= 15 is 0 Å². The summed E-state index contributed by atoms with van der Waals surface area (Å²) < 4.78 is 11.1. The first-order valence-electron chi connectivity index (χ1n) is 11.2. The lowest BCUT2D eigenvalue weighted by molar-refractivity contribution is 0.201. The Morgan fingerprint density at radius 1 is 1.08 bits per heavy atom. The number of oxazole rings is 1. The van der Waals surface area contributed by atoms with Crippen molar-refractivity contribution >= 4 is 34.3 Å². The van der Waals surface area contributed by atoms with E-state index in [0.29, 0.717) is 60.7 Å². The summed E-state index contributed by atoms with van der Waals surface area (Å²) in [5.41, 5.74) is 3.08. The molecular weight excluding hydrogens is 512 g/mol. The largest absolute Gasteiger partial charge is 0.491 e. The molecular formula is C27H19ClN4O4S. The number of halogens is 1. The number of hydrogen-bond donors (Lipinski definition) is 2. The van der Waals surface area contributed by atoms with Gasteiger partial charge < -0.3 is 19.2 Å². The van der Waals surface area contributed by atoms with E-state index in [1.807, 2.05) is 12.1 Å². The summed E-state index contributed by atoms with van der Waals surface area (Å²) in [7, 11) is 0. The minimum absolute atomic E-state index is 0.0992. The summed E-state index contributed by atoms with van der Waals surface area (Å²) in [6, 6.07) is 18.2. The molecule has 0 aliphatic heterocycles. The van der Waals surface area contributed by atoms with E-state index in [9.17, 15) is 10.1 Å². The molecule has 8 nitrogen and oxygen atoms in total. The highest BCUT2D eigenvalue weighted by molar-refractivity contribution is 7.98. The van der Waals surface area contributed by atoms with Crippen LogP contribution in [0.1, 0.15) is 11.3 Å². The molecule has 2 N–H and O–H groups in total. The number of H-pyrrole nitrogens is 1. The van der Waals surface area contributed by atoms with E-state index in [0.717, 1.165) is 5.56 Å². The van der Waals surface area contributed by atoms with Crippen molar-refractivity contribution in [3.05, 3.63) is 93.7 Å². The number of pyridine rings is 2. The molecule has 0 saturated carbocycles. The molecule has 0 fully saturated rings. The van der Waals surface area contributed by atoms with Crippen LogP contribution in [0.15, 0.2) is 81.3 Å². The fourth-order valence-corrected chi connectivity index (χ4v) is 4.82. The lowest BCUT2D eigenvalue weighted by atomic mass is 9.97. The van der Waals surface area contributed by atoms with Crippen LogP contribution in [-0.4, -0.2) is 33.3 Å². The van der Waals surface area contributed by atoms with Crippen LogP contribution in [0.3, 0.4) is 0 Å². The number of nitriles is 1. The smallest absolute Gasteiger partial charge is 0.258 e. The Morgan fingerprint density at radius 2 is 1.84 bits per heavy atom. The Kier molecular flexibility index (Phi) is 7.23. The van der Waals surface area contributed by atoms with Gasteiger partial charge in [-0.25, -0.2) is 9.97 Å². The number of aromatic amines is 1. The van der Waals surface area contributed by atoms with Crippen molar-refractivity contribution in [1.82, 2.24) is 15.0 Å². The van der Waals surface area contributed by atoms with Gasteiger partial charge in [0.1, 0.15) is 29.7 Å². The number of aliphatic hydroxyl groups excluding tert-OH is 1. The number of aliphatic hydroxyl groups is 1. The number of rotatable bonds is 8. The molecule has 0 atom stereocenters. The minimum Gasteiger partial charge on any atom is -0.491 e. The lowest BCUT2D eigenvalue weighted by Crippen LogP contribution is -2.09. The molecule has 3 aromatic heterocycles. The standard InChI is InChI=1S/C27H19ClN4O4S/c28-18-5-1-17(2-6-18)26-31-19(14-36-26)15-37-27-21(13-29)23(24-22(32-27)9-10-30-25(24)34)16-3-7-20(8-4-16)35-12-11-33/h1-10,14,33H,11-12,15H2,(H,30,34). The van der Waals surface area contributed by atoms with Crippen molar-refractivity contribution < 1.29 is 14.3 Å². The normalized spacial score (nSPS) is 10.9. The maximum Gasteiger partial charge on any atom is 0.258 e. The summed E-state index contributed by atoms with van der Waals surface area (Å²) in [5, 5.41) is 20.6. The third-order valence-electron chi connectivity index (χ3n) is 5.49. The van der Waals surface area contributed by atoms with Crippen LogP contribution in [0.4, 0.5) is 0 Å². The molecule has 0 aliphatic carbocycles. The first-order chi connectivity index (χ1) is 18.1. The Labute approximate surface area is 220 Å². The van der Waals surface area contributed by atoms with Crippen molar-refractivity contribution in [3.63, 3.8) is 0 Å². The molecule has 0 spiro atoms. The van der Waals surface area contributed by atoms with Gasteiger partial charge in [-0.15, -0.1) is 0 Å². The van der Waals surface area contributed by atoms with E-state index in [4.69, 9.17) is 25.9 Å². The zero-order valence-electron chi connectivity index (χ0n) is 19.3. The fourth-order valence-electron chi connectivity index (χ4n) is 3.82. The third-order valence-corrected chi connectivity index (χ3v) is 6.75. The van der Waals surface area contributed by atoms with Crippen LogP contribution < -0.4 is 10.3 Å². The summed E-state index contributed by atoms with van der Waals surface area (Å²) in [5.74, 6) is 1.44. The topological polar surface area (TPSA) is 125 Å². The number of thioether (sulfide) groups is 1. The van der Waals surface area contributed by atoms with Crippen LogP contribution in [0.5, 0.6) is 5.75 Å². The van der Waals surface area contributed by atoms with E-state index in [-0.39, 0.29) is 18.8 Å². The molecule has 184 valence electrons. The van der Waals surface area contributed by atoms with Crippen LogP contribution in [0.25, 0.3) is 33.5 Å². The lowest BCUT2D eigenvalue weighted by Gasteiger charge is -2.13. The molecule has 0 unspecified atom stereocenters. The van der Waals surface area contributed by atoms with Crippen molar-refractivity contribution in [2.24, 2.45) is 0 Å². The van der Waals surface area contributed by atoms with Crippen molar-refractivity contribution in [2.45, 2.75) is 10.8 Å². The number of fused-ring (bicyclic) bond motifs is 1. The summed E-state index contributed by atoms with van der Waals surface area (Å²) >= 11 is 7.30. The van der Waals surface area contributed by atoms with Gasteiger partial charge in [0.2, 0.25) is 5.89 Å². The number of ether oxygens (including phenoxy) is 1. The maximum absolute atomic E-state index is 12.8. The highest BCUT2D eigenvalue weighted by Crippen LogP contribution is 2.36. The predicted molar refractivity (Wildman–Crippen MR) is 142 cm³/mol. The SMILES string of the molecule is N#Cc1c(SCc2coc(-c3ccc(Cl)cc3)n2)nc2cc[nH]c(=O)c2c1-c1ccc(OCCO)cc1. The first kappa shape index (κ1) is 24.6. The Bertz CT molecular complexity index is 1660. The Balaban J connectivity index is 1.51. The summed E-state index contributed by atoms with van der Waals surface area (Å²) in [4.78, 5) is 24.7. The molecule has 2 aromatic carbocycles. The highest BCUT2D eigenvalue weighted by Gasteiger charge is 2.20. The quantitative estimate of drug-likeness (QED) is 0.254. The second-order valence-electron chi connectivity index (χ2n) is 7.88. The van der Waals surface area contributed by atoms with Crippen LogP contribution in [-0.2, 0) is 5.75 Å². The average molecular weight is 531 g/mol. The van der Waals surface area contributed by atoms with Gasteiger partial charge in [-0.3, -0.25) is 4.79 Å². The van der Waals surface area contributed by atoms with E-state index in [2.05, 4.69) is 21.0 Å². The molecule has 3 heterocycles. The second-order valence-corrected chi connectivity index (χ2v) is 9.28. The molecule has 5 aromatic rings.